The van der Waals surface area contributed by atoms with Crippen LogP contribution in [0.5, 0.6) is 0 Å². The molecule has 1 aromatic rings. The first-order chi connectivity index (χ1) is 8.09. The topological polar surface area (TPSA) is 60.8 Å². The van der Waals surface area contributed by atoms with Gasteiger partial charge in [-0.3, -0.25) is 0 Å². The Morgan fingerprint density at radius 2 is 2.06 bits per heavy atom. The summed E-state index contributed by atoms with van der Waals surface area (Å²) in [7, 11) is 0. The standard InChI is InChI=1S/C13H17NO3/c1-9(15)12-3-2-8-14(12)11-6-4-10(5-7-11)13(16)17/h4-7,9,12,15H,2-3,8H2,1H3,(H,16,17)/t9-,12+/m0/s1. The number of rotatable bonds is 3. The fourth-order valence-corrected chi connectivity index (χ4v) is 2.41. The van der Waals surface area contributed by atoms with Crippen LogP contribution in [0.2, 0.25) is 0 Å². The fraction of sp³-hybridized carbons (Fsp3) is 0.462. The van der Waals surface area contributed by atoms with Gasteiger partial charge in [0.1, 0.15) is 0 Å². The molecule has 2 N–H and O–H groups in total. The van der Waals surface area contributed by atoms with E-state index >= 15 is 0 Å². The van der Waals surface area contributed by atoms with Crippen LogP contribution in [0, 0.1) is 0 Å². The monoisotopic (exact) mass is 235 g/mol. The molecule has 4 nitrogen and oxygen atoms in total. The molecule has 1 aliphatic rings. The van der Waals surface area contributed by atoms with Gasteiger partial charge in [-0.1, -0.05) is 0 Å². The van der Waals surface area contributed by atoms with Crippen LogP contribution < -0.4 is 4.90 Å². The van der Waals surface area contributed by atoms with Crippen molar-refractivity contribution in [3.05, 3.63) is 29.8 Å². The Balaban J connectivity index is 2.19. The lowest BCUT2D eigenvalue weighted by atomic mass is 10.1. The average Bonchev–Trinajstić information content (AvgIpc) is 2.78. The molecule has 17 heavy (non-hydrogen) atoms. The summed E-state index contributed by atoms with van der Waals surface area (Å²) in [6.07, 6.45) is 1.69. The molecule has 1 saturated heterocycles. The Kier molecular flexibility index (Phi) is 3.33. The minimum Gasteiger partial charge on any atom is -0.478 e. The van der Waals surface area contributed by atoms with E-state index in [0.717, 1.165) is 25.1 Å². The van der Waals surface area contributed by atoms with Crippen molar-refractivity contribution in [2.75, 3.05) is 11.4 Å². The largest absolute Gasteiger partial charge is 0.478 e. The van der Waals surface area contributed by atoms with Crippen LogP contribution >= 0.6 is 0 Å². The van der Waals surface area contributed by atoms with Crippen molar-refractivity contribution < 1.29 is 15.0 Å². The summed E-state index contributed by atoms with van der Waals surface area (Å²) in [5.41, 5.74) is 1.28. The maximum absolute atomic E-state index is 10.8. The number of carboxylic acids is 1. The maximum atomic E-state index is 10.8. The third-order valence-electron chi connectivity index (χ3n) is 3.30. The number of hydrogen-bond acceptors (Lipinski definition) is 3. The van der Waals surface area contributed by atoms with E-state index < -0.39 is 5.97 Å². The van der Waals surface area contributed by atoms with Crippen molar-refractivity contribution in [1.29, 1.82) is 0 Å². The van der Waals surface area contributed by atoms with Crippen molar-refractivity contribution in [3.63, 3.8) is 0 Å². The summed E-state index contributed by atoms with van der Waals surface area (Å²) in [4.78, 5) is 12.9. The molecule has 0 bridgehead atoms. The lowest BCUT2D eigenvalue weighted by molar-refractivity contribution is 0.0697. The van der Waals surface area contributed by atoms with Crippen LogP contribution in [0.1, 0.15) is 30.1 Å². The van der Waals surface area contributed by atoms with Crippen molar-refractivity contribution >= 4 is 11.7 Å². The Hall–Kier alpha value is -1.55. The van der Waals surface area contributed by atoms with Gasteiger partial charge >= 0.3 is 5.97 Å². The number of aromatic carboxylic acids is 1. The number of anilines is 1. The van der Waals surface area contributed by atoms with Gasteiger partial charge in [0.15, 0.2) is 0 Å². The Morgan fingerprint density at radius 3 is 2.59 bits per heavy atom. The van der Waals surface area contributed by atoms with Gasteiger partial charge in [0, 0.05) is 12.2 Å². The van der Waals surface area contributed by atoms with Crippen LogP contribution in [0.4, 0.5) is 5.69 Å². The summed E-state index contributed by atoms with van der Waals surface area (Å²) in [6, 6.07) is 6.98. The summed E-state index contributed by atoms with van der Waals surface area (Å²) in [5, 5.41) is 18.5. The number of benzene rings is 1. The second-order valence-corrected chi connectivity index (χ2v) is 4.50. The highest BCUT2D eigenvalue weighted by molar-refractivity contribution is 5.88. The highest BCUT2D eigenvalue weighted by atomic mass is 16.4. The number of hydrogen-bond donors (Lipinski definition) is 2. The SMILES string of the molecule is C[C@H](O)[C@H]1CCCN1c1ccc(C(=O)O)cc1. The van der Waals surface area contributed by atoms with Crippen LogP contribution in [-0.2, 0) is 0 Å². The number of carboxylic acid groups (broad SMARTS) is 1. The minimum atomic E-state index is -0.912. The summed E-state index contributed by atoms with van der Waals surface area (Å²) in [5.74, 6) is -0.912. The number of aliphatic hydroxyl groups is 1. The Labute approximate surface area is 100 Å². The van der Waals surface area contributed by atoms with Crippen LogP contribution in [0.15, 0.2) is 24.3 Å². The van der Waals surface area contributed by atoms with Crippen LogP contribution in [-0.4, -0.2) is 34.9 Å². The van der Waals surface area contributed by atoms with E-state index in [9.17, 15) is 9.90 Å². The molecule has 0 saturated carbocycles. The predicted octanol–water partition coefficient (Wildman–Crippen LogP) is 1.73. The Bertz CT molecular complexity index is 400. The van der Waals surface area contributed by atoms with Crippen molar-refractivity contribution in [2.45, 2.75) is 31.9 Å². The van der Waals surface area contributed by atoms with Gasteiger partial charge in [-0.05, 0) is 44.0 Å². The van der Waals surface area contributed by atoms with Gasteiger partial charge in [-0.25, -0.2) is 4.79 Å². The van der Waals surface area contributed by atoms with Gasteiger partial charge in [-0.15, -0.1) is 0 Å². The molecule has 0 aliphatic carbocycles. The van der Waals surface area contributed by atoms with Crippen LogP contribution in [0.3, 0.4) is 0 Å². The third-order valence-corrected chi connectivity index (χ3v) is 3.30. The molecule has 1 heterocycles. The minimum absolute atomic E-state index is 0.144. The molecule has 2 rings (SSSR count). The molecule has 1 aliphatic heterocycles. The average molecular weight is 235 g/mol. The fourth-order valence-electron chi connectivity index (χ4n) is 2.41. The summed E-state index contributed by atoms with van der Waals surface area (Å²) < 4.78 is 0. The summed E-state index contributed by atoms with van der Waals surface area (Å²) >= 11 is 0. The molecule has 92 valence electrons. The highest BCUT2D eigenvalue weighted by Crippen LogP contribution is 2.27. The molecule has 2 atom stereocenters. The van der Waals surface area contributed by atoms with Gasteiger partial charge < -0.3 is 15.1 Å². The third kappa shape index (κ3) is 2.42. The Morgan fingerprint density at radius 1 is 1.41 bits per heavy atom. The van der Waals surface area contributed by atoms with Crippen molar-refractivity contribution in [2.24, 2.45) is 0 Å². The summed E-state index contributed by atoms with van der Waals surface area (Å²) in [6.45, 7) is 2.72. The predicted molar refractivity (Wildman–Crippen MR) is 65.5 cm³/mol. The van der Waals surface area contributed by atoms with E-state index in [0.29, 0.717) is 5.56 Å². The zero-order valence-corrected chi connectivity index (χ0v) is 9.84. The van der Waals surface area contributed by atoms with Crippen LogP contribution in [0.25, 0.3) is 0 Å². The molecule has 0 spiro atoms. The number of nitrogens with zero attached hydrogens (tertiary/aromatic N) is 1. The van der Waals surface area contributed by atoms with Crippen molar-refractivity contribution in [3.8, 4) is 0 Å². The second kappa shape index (κ2) is 4.75. The number of aliphatic hydroxyl groups excluding tert-OH is 1. The number of carbonyl (C=O) groups is 1. The van der Waals surface area contributed by atoms with Gasteiger partial charge in [0.2, 0.25) is 0 Å². The van der Waals surface area contributed by atoms with Gasteiger partial charge in [-0.2, -0.15) is 0 Å². The van der Waals surface area contributed by atoms with E-state index in [1.54, 1.807) is 19.1 Å². The second-order valence-electron chi connectivity index (χ2n) is 4.50. The zero-order chi connectivity index (χ0) is 12.4. The molecule has 0 aromatic heterocycles. The molecule has 1 aromatic carbocycles. The molecule has 4 heteroatoms. The molecule has 1 fully saturated rings. The maximum Gasteiger partial charge on any atom is 0.335 e. The first kappa shape index (κ1) is 11.9. The van der Waals surface area contributed by atoms with E-state index in [2.05, 4.69) is 4.90 Å². The van der Waals surface area contributed by atoms with E-state index in [1.807, 2.05) is 12.1 Å². The molecule has 0 radical (unpaired) electrons. The first-order valence-electron chi connectivity index (χ1n) is 5.87. The van der Waals surface area contributed by atoms with E-state index in [1.165, 1.54) is 0 Å². The lowest BCUT2D eigenvalue weighted by Gasteiger charge is -2.28. The molecule has 0 unspecified atom stereocenters. The highest BCUT2D eigenvalue weighted by Gasteiger charge is 2.28. The molecule has 0 amide bonds. The van der Waals surface area contributed by atoms with Crippen molar-refractivity contribution in [1.82, 2.24) is 0 Å². The molecular weight excluding hydrogens is 218 g/mol. The smallest absolute Gasteiger partial charge is 0.335 e. The van der Waals surface area contributed by atoms with E-state index in [4.69, 9.17) is 5.11 Å². The zero-order valence-electron chi connectivity index (χ0n) is 9.84. The molecular formula is C13H17NO3. The van der Waals surface area contributed by atoms with E-state index in [-0.39, 0.29) is 12.1 Å². The quantitative estimate of drug-likeness (QED) is 0.837. The first-order valence-corrected chi connectivity index (χ1v) is 5.87. The van der Waals surface area contributed by atoms with Gasteiger partial charge in [0.25, 0.3) is 0 Å². The van der Waals surface area contributed by atoms with Gasteiger partial charge in [0.05, 0.1) is 17.7 Å². The normalized spacial score (nSPS) is 21.5. The lowest BCUT2D eigenvalue weighted by Crippen LogP contribution is -2.37.